The molecule has 4 unspecified atom stereocenters. The van der Waals surface area contributed by atoms with E-state index in [4.69, 9.17) is 10.5 Å². The Morgan fingerprint density at radius 1 is 1.26 bits per heavy atom. The maximum Gasteiger partial charge on any atom is 0.223 e. The standard InChI is InChI=1S/C20H29NO2/c1-3-23-13-16-9-15-10-19(2,18(21)22)14-20(11-15,12-16)17-7-5-4-6-8-17/h4-8,15-16H,3,9-14H2,1-2H3,(H2,21,22). The van der Waals surface area contributed by atoms with Crippen LogP contribution in [0.15, 0.2) is 30.3 Å². The Hall–Kier alpha value is -1.35. The smallest absolute Gasteiger partial charge is 0.223 e. The largest absolute Gasteiger partial charge is 0.381 e. The van der Waals surface area contributed by atoms with Gasteiger partial charge in [-0.1, -0.05) is 37.3 Å². The van der Waals surface area contributed by atoms with Gasteiger partial charge in [0, 0.05) is 18.6 Å². The molecule has 2 fully saturated rings. The Kier molecular flexibility index (Phi) is 4.50. The number of amides is 1. The molecule has 0 saturated heterocycles. The van der Waals surface area contributed by atoms with E-state index >= 15 is 0 Å². The molecule has 0 aliphatic heterocycles. The first-order chi connectivity index (χ1) is 11.0. The predicted octanol–water partition coefficient (Wildman–Crippen LogP) is 3.66. The minimum absolute atomic E-state index is 0.0774. The Morgan fingerprint density at radius 2 is 2.00 bits per heavy atom. The van der Waals surface area contributed by atoms with Gasteiger partial charge in [0.05, 0.1) is 0 Å². The van der Waals surface area contributed by atoms with E-state index in [9.17, 15) is 4.79 Å². The highest BCUT2D eigenvalue weighted by Crippen LogP contribution is 2.57. The molecule has 0 heterocycles. The molecule has 2 saturated carbocycles. The molecule has 1 amide bonds. The highest BCUT2D eigenvalue weighted by Gasteiger charge is 2.53. The topological polar surface area (TPSA) is 52.3 Å². The van der Waals surface area contributed by atoms with E-state index in [2.05, 4.69) is 44.2 Å². The summed E-state index contributed by atoms with van der Waals surface area (Å²) in [6.45, 7) is 5.75. The van der Waals surface area contributed by atoms with Crippen LogP contribution in [0.2, 0.25) is 0 Å². The van der Waals surface area contributed by atoms with E-state index < -0.39 is 0 Å². The van der Waals surface area contributed by atoms with Crippen molar-refractivity contribution >= 4 is 5.91 Å². The van der Waals surface area contributed by atoms with Crippen LogP contribution in [0.25, 0.3) is 0 Å². The van der Waals surface area contributed by atoms with Crippen molar-refractivity contribution in [1.29, 1.82) is 0 Å². The molecular weight excluding hydrogens is 286 g/mol. The van der Waals surface area contributed by atoms with Crippen LogP contribution in [-0.2, 0) is 14.9 Å². The Morgan fingerprint density at radius 3 is 2.65 bits per heavy atom. The summed E-state index contributed by atoms with van der Waals surface area (Å²) < 4.78 is 5.73. The fourth-order valence-corrected chi connectivity index (χ4v) is 5.31. The fourth-order valence-electron chi connectivity index (χ4n) is 5.31. The van der Waals surface area contributed by atoms with Crippen molar-refractivity contribution < 1.29 is 9.53 Å². The average Bonchev–Trinajstić information content (AvgIpc) is 2.52. The van der Waals surface area contributed by atoms with Gasteiger partial charge in [-0.2, -0.15) is 0 Å². The number of carbonyl (C=O) groups excluding carboxylic acids is 1. The van der Waals surface area contributed by atoms with Gasteiger partial charge >= 0.3 is 0 Å². The summed E-state index contributed by atoms with van der Waals surface area (Å²) in [5, 5.41) is 0. The van der Waals surface area contributed by atoms with Gasteiger partial charge in [0.1, 0.15) is 0 Å². The zero-order valence-electron chi connectivity index (χ0n) is 14.4. The molecule has 1 aromatic rings. The molecule has 3 rings (SSSR count). The van der Waals surface area contributed by atoms with Crippen LogP contribution in [0.4, 0.5) is 0 Å². The molecule has 3 nitrogen and oxygen atoms in total. The number of hydrogen-bond donors (Lipinski definition) is 1. The van der Waals surface area contributed by atoms with Crippen molar-refractivity contribution in [2.45, 2.75) is 51.4 Å². The lowest BCUT2D eigenvalue weighted by Gasteiger charge is -2.54. The molecule has 2 aliphatic carbocycles. The maximum absolute atomic E-state index is 12.1. The quantitative estimate of drug-likeness (QED) is 0.901. The number of benzene rings is 1. The molecule has 3 heteroatoms. The second-order valence-corrected chi connectivity index (χ2v) is 7.99. The van der Waals surface area contributed by atoms with Crippen LogP contribution in [0, 0.1) is 17.3 Å². The van der Waals surface area contributed by atoms with Crippen molar-refractivity contribution in [2.75, 3.05) is 13.2 Å². The molecule has 0 spiro atoms. The third kappa shape index (κ3) is 3.16. The third-order valence-electron chi connectivity index (χ3n) is 6.03. The maximum atomic E-state index is 12.1. The van der Waals surface area contributed by atoms with Gasteiger partial charge in [-0.15, -0.1) is 0 Å². The van der Waals surface area contributed by atoms with Gasteiger partial charge in [-0.05, 0) is 61.8 Å². The van der Waals surface area contributed by atoms with Gasteiger partial charge in [0.2, 0.25) is 5.91 Å². The third-order valence-corrected chi connectivity index (χ3v) is 6.03. The normalized spacial score (nSPS) is 36.6. The molecule has 2 bridgehead atoms. The zero-order chi connectivity index (χ0) is 16.5. The monoisotopic (exact) mass is 315 g/mol. The van der Waals surface area contributed by atoms with Crippen molar-refractivity contribution in [3.8, 4) is 0 Å². The summed E-state index contributed by atoms with van der Waals surface area (Å²) in [7, 11) is 0. The van der Waals surface area contributed by atoms with Crippen molar-refractivity contribution in [3.05, 3.63) is 35.9 Å². The van der Waals surface area contributed by atoms with Crippen molar-refractivity contribution in [2.24, 2.45) is 23.0 Å². The summed E-state index contributed by atoms with van der Waals surface area (Å²) >= 11 is 0. The lowest BCUT2D eigenvalue weighted by Crippen LogP contribution is -2.51. The average molecular weight is 315 g/mol. The van der Waals surface area contributed by atoms with Gasteiger partial charge in [0.15, 0.2) is 0 Å². The summed E-state index contributed by atoms with van der Waals surface area (Å²) in [6.07, 6.45) is 5.26. The van der Waals surface area contributed by atoms with Crippen molar-refractivity contribution in [1.82, 2.24) is 0 Å². The lowest BCUT2D eigenvalue weighted by atomic mass is 9.50. The number of primary amides is 1. The summed E-state index contributed by atoms with van der Waals surface area (Å²) in [4.78, 5) is 12.1. The molecule has 1 aromatic carbocycles. The summed E-state index contributed by atoms with van der Waals surface area (Å²) in [6, 6.07) is 10.7. The minimum Gasteiger partial charge on any atom is -0.381 e. The van der Waals surface area contributed by atoms with Crippen LogP contribution >= 0.6 is 0 Å². The van der Waals surface area contributed by atoms with Gasteiger partial charge in [-0.25, -0.2) is 0 Å². The number of rotatable bonds is 5. The van der Waals surface area contributed by atoms with Crippen LogP contribution < -0.4 is 5.73 Å². The molecule has 0 aromatic heterocycles. The Bertz CT molecular complexity index is 558. The first-order valence-corrected chi connectivity index (χ1v) is 8.91. The fraction of sp³-hybridized carbons (Fsp3) is 0.650. The first kappa shape index (κ1) is 16.5. The molecule has 2 aliphatic rings. The van der Waals surface area contributed by atoms with E-state index in [-0.39, 0.29) is 16.7 Å². The van der Waals surface area contributed by atoms with Gasteiger partial charge in [-0.3, -0.25) is 4.79 Å². The lowest BCUT2D eigenvalue weighted by molar-refractivity contribution is -0.133. The molecule has 23 heavy (non-hydrogen) atoms. The molecule has 126 valence electrons. The van der Waals surface area contributed by atoms with E-state index in [1.165, 1.54) is 12.0 Å². The highest BCUT2D eigenvalue weighted by molar-refractivity contribution is 5.80. The van der Waals surface area contributed by atoms with Crippen molar-refractivity contribution in [3.63, 3.8) is 0 Å². The van der Waals surface area contributed by atoms with Gasteiger partial charge < -0.3 is 10.5 Å². The Labute approximate surface area is 139 Å². The number of ether oxygens (including phenoxy) is 1. The highest BCUT2D eigenvalue weighted by atomic mass is 16.5. The minimum atomic E-state index is -0.380. The number of fused-ring (bicyclic) bond motifs is 2. The molecular formula is C20H29NO2. The predicted molar refractivity (Wildman–Crippen MR) is 92.0 cm³/mol. The SMILES string of the molecule is CCOCC1CC2CC(C)(C(N)=O)CC(c3ccccc3)(C1)C2. The molecule has 2 N–H and O–H groups in total. The van der Waals surface area contributed by atoms with Gasteiger partial charge in [0.25, 0.3) is 0 Å². The molecule has 4 atom stereocenters. The van der Waals surface area contributed by atoms with Crippen LogP contribution in [-0.4, -0.2) is 19.1 Å². The zero-order valence-corrected chi connectivity index (χ0v) is 14.4. The van der Waals surface area contributed by atoms with Crippen LogP contribution in [0.5, 0.6) is 0 Å². The molecule has 0 radical (unpaired) electrons. The Balaban J connectivity index is 1.94. The number of hydrogen-bond acceptors (Lipinski definition) is 2. The van der Waals surface area contributed by atoms with E-state index in [1.807, 2.05) is 0 Å². The van der Waals surface area contributed by atoms with Crippen LogP contribution in [0.1, 0.15) is 51.5 Å². The van der Waals surface area contributed by atoms with E-state index in [0.29, 0.717) is 11.8 Å². The number of nitrogens with two attached hydrogens (primary N) is 1. The van der Waals surface area contributed by atoms with E-state index in [0.717, 1.165) is 38.9 Å². The second kappa shape index (κ2) is 6.27. The summed E-state index contributed by atoms with van der Waals surface area (Å²) in [5.41, 5.74) is 6.86. The summed E-state index contributed by atoms with van der Waals surface area (Å²) in [5.74, 6) is 1.03. The number of carbonyl (C=O) groups is 1. The first-order valence-electron chi connectivity index (χ1n) is 8.91. The van der Waals surface area contributed by atoms with E-state index in [1.54, 1.807) is 0 Å². The van der Waals surface area contributed by atoms with Crippen LogP contribution in [0.3, 0.4) is 0 Å². The second-order valence-electron chi connectivity index (χ2n) is 7.99.